The van der Waals surface area contributed by atoms with E-state index in [1.807, 2.05) is 6.07 Å². The van der Waals surface area contributed by atoms with Gasteiger partial charge in [0.05, 0.1) is 5.52 Å². The molecule has 1 saturated carbocycles. The molecule has 3 heteroatoms. The van der Waals surface area contributed by atoms with E-state index >= 15 is 0 Å². The molecule has 100 valence electrons. The summed E-state index contributed by atoms with van der Waals surface area (Å²) in [5, 5.41) is 1.18. The fourth-order valence-corrected chi connectivity index (χ4v) is 2.64. The van der Waals surface area contributed by atoms with Gasteiger partial charge < -0.3 is 10.6 Å². The summed E-state index contributed by atoms with van der Waals surface area (Å²) in [7, 11) is 0. The summed E-state index contributed by atoms with van der Waals surface area (Å²) in [5.74, 6) is 1.10. The molecule has 1 aromatic heterocycles. The average molecular weight is 255 g/mol. The lowest BCUT2D eigenvalue weighted by molar-refractivity contribution is 0.745. The van der Waals surface area contributed by atoms with E-state index < -0.39 is 0 Å². The van der Waals surface area contributed by atoms with Gasteiger partial charge >= 0.3 is 0 Å². The highest BCUT2D eigenvalue weighted by Crippen LogP contribution is 2.33. The minimum Gasteiger partial charge on any atom is -0.353 e. The molecular formula is C16H21N3. The number of para-hydroxylation sites is 1. The number of rotatable bonds is 5. The van der Waals surface area contributed by atoms with E-state index in [0.717, 1.165) is 24.3 Å². The molecule has 1 aromatic carbocycles. The number of nitrogens with two attached hydrogens (primary N) is 1. The molecule has 19 heavy (non-hydrogen) atoms. The van der Waals surface area contributed by atoms with Crippen molar-refractivity contribution >= 4 is 16.7 Å². The molecule has 0 aliphatic heterocycles. The van der Waals surface area contributed by atoms with Gasteiger partial charge in [-0.2, -0.15) is 0 Å². The summed E-state index contributed by atoms with van der Waals surface area (Å²) < 4.78 is 0. The van der Waals surface area contributed by atoms with Crippen LogP contribution in [0, 0.1) is 0 Å². The summed E-state index contributed by atoms with van der Waals surface area (Å²) in [6.45, 7) is 3.85. The standard InChI is InChI=1S/C16H21N3/c1-2-9-19(14-7-8-14)16-13(11-17)10-12-5-3-4-6-15(12)18-16/h3-6,10,14H,2,7-9,11,17H2,1H3. The maximum Gasteiger partial charge on any atom is 0.134 e. The maximum atomic E-state index is 5.93. The number of fused-ring (bicyclic) bond motifs is 1. The van der Waals surface area contributed by atoms with Gasteiger partial charge in [0.2, 0.25) is 0 Å². The predicted octanol–water partition coefficient (Wildman–Crippen LogP) is 3.07. The van der Waals surface area contributed by atoms with Crippen molar-refractivity contribution in [3.63, 3.8) is 0 Å². The Balaban J connectivity index is 2.08. The number of benzene rings is 1. The molecule has 0 radical (unpaired) electrons. The molecule has 1 fully saturated rings. The van der Waals surface area contributed by atoms with Crippen LogP contribution in [0.3, 0.4) is 0 Å². The van der Waals surface area contributed by atoms with Crippen molar-refractivity contribution in [2.45, 2.75) is 38.8 Å². The minimum absolute atomic E-state index is 0.556. The van der Waals surface area contributed by atoms with Gasteiger partial charge in [-0.15, -0.1) is 0 Å². The highest BCUT2D eigenvalue weighted by atomic mass is 15.2. The first-order chi connectivity index (χ1) is 9.33. The van der Waals surface area contributed by atoms with Gasteiger partial charge in [0.25, 0.3) is 0 Å². The molecule has 0 bridgehead atoms. The molecule has 3 nitrogen and oxygen atoms in total. The van der Waals surface area contributed by atoms with E-state index in [1.54, 1.807) is 0 Å². The van der Waals surface area contributed by atoms with E-state index in [0.29, 0.717) is 12.6 Å². The molecule has 2 aromatic rings. The van der Waals surface area contributed by atoms with Gasteiger partial charge in [-0.05, 0) is 31.4 Å². The molecular weight excluding hydrogens is 234 g/mol. The van der Waals surface area contributed by atoms with E-state index in [-0.39, 0.29) is 0 Å². The van der Waals surface area contributed by atoms with E-state index in [9.17, 15) is 0 Å². The third-order valence-corrected chi connectivity index (χ3v) is 3.72. The molecule has 1 aliphatic carbocycles. The summed E-state index contributed by atoms with van der Waals surface area (Å²) in [6, 6.07) is 11.2. The van der Waals surface area contributed by atoms with Crippen LogP contribution in [0.1, 0.15) is 31.7 Å². The van der Waals surface area contributed by atoms with Crippen molar-refractivity contribution in [1.82, 2.24) is 4.98 Å². The molecule has 0 atom stereocenters. The molecule has 1 aliphatic rings. The Kier molecular flexibility index (Phi) is 3.38. The van der Waals surface area contributed by atoms with Crippen LogP contribution in [-0.4, -0.2) is 17.6 Å². The molecule has 0 amide bonds. The lowest BCUT2D eigenvalue weighted by atomic mass is 10.1. The van der Waals surface area contributed by atoms with Crippen LogP contribution in [0.25, 0.3) is 10.9 Å². The average Bonchev–Trinajstić information content (AvgIpc) is 3.28. The number of anilines is 1. The summed E-state index contributed by atoms with van der Waals surface area (Å²) >= 11 is 0. The first-order valence-corrected chi connectivity index (χ1v) is 7.19. The van der Waals surface area contributed by atoms with Crippen LogP contribution in [-0.2, 0) is 6.54 Å². The Labute approximate surface area is 114 Å². The molecule has 0 saturated heterocycles. The highest BCUT2D eigenvalue weighted by Gasteiger charge is 2.30. The van der Waals surface area contributed by atoms with Gasteiger partial charge in [-0.25, -0.2) is 4.98 Å². The zero-order valence-corrected chi connectivity index (χ0v) is 11.5. The third-order valence-electron chi connectivity index (χ3n) is 3.72. The van der Waals surface area contributed by atoms with Crippen LogP contribution in [0.5, 0.6) is 0 Å². The van der Waals surface area contributed by atoms with Crippen molar-refractivity contribution < 1.29 is 0 Å². The zero-order chi connectivity index (χ0) is 13.2. The van der Waals surface area contributed by atoms with Gasteiger partial charge in [-0.1, -0.05) is 25.1 Å². The van der Waals surface area contributed by atoms with Crippen LogP contribution >= 0.6 is 0 Å². The minimum atomic E-state index is 0.556. The van der Waals surface area contributed by atoms with Gasteiger partial charge in [-0.3, -0.25) is 0 Å². The van der Waals surface area contributed by atoms with E-state index in [4.69, 9.17) is 10.7 Å². The van der Waals surface area contributed by atoms with Crippen LogP contribution in [0.15, 0.2) is 30.3 Å². The first-order valence-electron chi connectivity index (χ1n) is 7.19. The lowest BCUT2D eigenvalue weighted by Crippen LogP contribution is -2.29. The second kappa shape index (κ2) is 5.17. The summed E-state index contributed by atoms with van der Waals surface area (Å²) in [6.07, 6.45) is 3.73. The topological polar surface area (TPSA) is 42.2 Å². The Morgan fingerprint density at radius 2 is 2.11 bits per heavy atom. The van der Waals surface area contributed by atoms with Gasteiger partial charge in [0.1, 0.15) is 5.82 Å². The van der Waals surface area contributed by atoms with Crippen LogP contribution < -0.4 is 10.6 Å². The van der Waals surface area contributed by atoms with E-state index in [2.05, 4.69) is 36.1 Å². The molecule has 3 rings (SSSR count). The van der Waals surface area contributed by atoms with Crippen molar-refractivity contribution in [3.8, 4) is 0 Å². The quantitative estimate of drug-likeness (QED) is 0.892. The smallest absolute Gasteiger partial charge is 0.134 e. The van der Waals surface area contributed by atoms with Crippen LogP contribution in [0.4, 0.5) is 5.82 Å². The number of hydrogen-bond donors (Lipinski definition) is 1. The Morgan fingerprint density at radius 3 is 2.79 bits per heavy atom. The predicted molar refractivity (Wildman–Crippen MR) is 80.3 cm³/mol. The number of hydrogen-bond acceptors (Lipinski definition) is 3. The SMILES string of the molecule is CCCN(c1nc2ccccc2cc1CN)C1CC1. The Morgan fingerprint density at radius 1 is 1.32 bits per heavy atom. The normalized spacial score (nSPS) is 14.8. The monoisotopic (exact) mass is 255 g/mol. The highest BCUT2D eigenvalue weighted by molar-refractivity contribution is 5.82. The lowest BCUT2D eigenvalue weighted by Gasteiger charge is -2.25. The van der Waals surface area contributed by atoms with Crippen molar-refractivity contribution in [1.29, 1.82) is 0 Å². The molecule has 0 unspecified atom stereocenters. The number of nitrogens with zero attached hydrogens (tertiary/aromatic N) is 2. The molecule has 1 heterocycles. The fraction of sp³-hybridized carbons (Fsp3) is 0.438. The second-order valence-corrected chi connectivity index (χ2v) is 5.29. The van der Waals surface area contributed by atoms with Crippen LogP contribution in [0.2, 0.25) is 0 Å². The molecule has 2 N–H and O–H groups in total. The van der Waals surface area contributed by atoms with Crippen molar-refractivity contribution in [3.05, 3.63) is 35.9 Å². The zero-order valence-electron chi connectivity index (χ0n) is 11.5. The molecule has 0 spiro atoms. The largest absolute Gasteiger partial charge is 0.353 e. The summed E-state index contributed by atoms with van der Waals surface area (Å²) in [4.78, 5) is 7.33. The fourth-order valence-electron chi connectivity index (χ4n) is 2.64. The van der Waals surface area contributed by atoms with Gasteiger partial charge in [0.15, 0.2) is 0 Å². The van der Waals surface area contributed by atoms with Crippen molar-refractivity contribution in [2.24, 2.45) is 5.73 Å². The van der Waals surface area contributed by atoms with E-state index in [1.165, 1.54) is 23.8 Å². The summed E-state index contributed by atoms with van der Waals surface area (Å²) in [5.41, 5.74) is 8.16. The maximum absolute atomic E-state index is 5.93. The van der Waals surface area contributed by atoms with Gasteiger partial charge in [0, 0.05) is 30.1 Å². The second-order valence-electron chi connectivity index (χ2n) is 5.29. The number of pyridine rings is 1. The third kappa shape index (κ3) is 2.43. The Hall–Kier alpha value is -1.61. The number of aromatic nitrogens is 1. The van der Waals surface area contributed by atoms with Crippen molar-refractivity contribution in [2.75, 3.05) is 11.4 Å². The Bertz CT molecular complexity index is 575. The first kappa shape index (κ1) is 12.4.